The molecule has 0 aliphatic carbocycles. The number of ether oxygens (including phenoxy) is 3. The highest BCUT2D eigenvalue weighted by Crippen LogP contribution is 2.16. The zero-order valence-electron chi connectivity index (χ0n) is 42.2. The molecule has 0 saturated carbocycles. The molecule has 0 amide bonds. The number of rotatable bonds is 52. The number of hydrogen-bond donors (Lipinski definition) is 0. The zero-order valence-corrected chi connectivity index (χ0v) is 42.2. The summed E-state index contributed by atoms with van der Waals surface area (Å²) in [6, 6.07) is 0. The predicted molar refractivity (Wildman–Crippen MR) is 270 cm³/mol. The molecule has 0 fully saturated rings. The first-order chi connectivity index (χ1) is 30.6. The van der Waals surface area contributed by atoms with Crippen molar-refractivity contribution in [3.05, 3.63) is 24.3 Å². The molecule has 0 aliphatic rings. The van der Waals surface area contributed by atoms with E-state index < -0.39 is 6.10 Å². The van der Waals surface area contributed by atoms with E-state index in [1.807, 2.05) is 0 Å². The molecule has 1 atom stereocenters. The van der Waals surface area contributed by atoms with Crippen molar-refractivity contribution in [2.45, 2.75) is 309 Å². The van der Waals surface area contributed by atoms with E-state index in [0.717, 1.165) is 38.5 Å². The number of esters is 2. The average Bonchev–Trinajstić information content (AvgIpc) is 3.27. The van der Waals surface area contributed by atoms with Crippen LogP contribution >= 0.6 is 0 Å². The van der Waals surface area contributed by atoms with Crippen LogP contribution < -0.4 is 0 Å². The molecule has 0 aromatic carbocycles. The molecule has 1 unspecified atom stereocenters. The molecular weight excluding hydrogens is 765 g/mol. The Bertz CT molecular complexity index is 943. The van der Waals surface area contributed by atoms with Gasteiger partial charge < -0.3 is 14.2 Å². The van der Waals surface area contributed by atoms with Crippen LogP contribution in [0.1, 0.15) is 303 Å². The van der Waals surface area contributed by atoms with Gasteiger partial charge in [-0.2, -0.15) is 0 Å². The molecule has 62 heavy (non-hydrogen) atoms. The van der Waals surface area contributed by atoms with Crippen LogP contribution in [0.15, 0.2) is 24.3 Å². The molecule has 0 N–H and O–H groups in total. The summed E-state index contributed by atoms with van der Waals surface area (Å²) >= 11 is 0. The minimum Gasteiger partial charge on any atom is -0.462 e. The molecule has 0 rings (SSSR count). The smallest absolute Gasteiger partial charge is 0.306 e. The average molecular weight is 873 g/mol. The third kappa shape index (κ3) is 51.0. The van der Waals surface area contributed by atoms with Gasteiger partial charge in [-0.05, 0) is 51.4 Å². The summed E-state index contributed by atoms with van der Waals surface area (Å²) in [5, 5.41) is 0. The van der Waals surface area contributed by atoms with Crippen LogP contribution in [0.5, 0.6) is 0 Å². The first-order valence-corrected chi connectivity index (χ1v) is 27.9. The standard InChI is InChI=1S/C57H108O5/c1-4-7-10-13-16-19-22-24-26-28-29-30-31-33-36-38-41-44-47-50-56(58)61-54-55(62-57(59)51-48-45-42-39-35-21-18-15-12-9-6-3)53-60-52-49-46-43-40-37-34-32-27-25-23-20-17-14-11-8-5-2/h16,19,24,26,55H,4-15,17-18,20-23,25,27-54H2,1-3H3/b19-16-,26-24-. The van der Waals surface area contributed by atoms with Gasteiger partial charge in [0.15, 0.2) is 6.10 Å². The SMILES string of the molecule is CCCCC/C=C\C/C=C\CCCCCCCCCCCC(=O)OCC(COCCCCCCCCCCCCCCCCCC)OC(=O)CCCCCCCCCCCCC. The Morgan fingerprint density at radius 1 is 0.355 bits per heavy atom. The van der Waals surface area contributed by atoms with Crippen LogP contribution in [0.4, 0.5) is 0 Å². The molecule has 0 aromatic heterocycles. The highest BCUT2D eigenvalue weighted by molar-refractivity contribution is 5.70. The molecule has 0 aromatic rings. The fraction of sp³-hybridized carbons (Fsp3) is 0.895. The Balaban J connectivity index is 4.16. The van der Waals surface area contributed by atoms with E-state index in [0.29, 0.717) is 26.1 Å². The molecule has 0 bridgehead atoms. The second-order valence-corrected chi connectivity index (χ2v) is 18.9. The van der Waals surface area contributed by atoms with Gasteiger partial charge in [0.05, 0.1) is 6.61 Å². The van der Waals surface area contributed by atoms with E-state index >= 15 is 0 Å². The van der Waals surface area contributed by atoms with Crippen molar-refractivity contribution in [2.24, 2.45) is 0 Å². The monoisotopic (exact) mass is 873 g/mol. The Kier molecular flexibility index (Phi) is 52.3. The van der Waals surface area contributed by atoms with E-state index in [4.69, 9.17) is 14.2 Å². The summed E-state index contributed by atoms with van der Waals surface area (Å²) in [6.45, 7) is 7.86. The number of carbonyl (C=O) groups is 2. The summed E-state index contributed by atoms with van der Waals surface area (Å²) in [7, 11) is 0. The van der Waals surface area contributed by atoms with Crippen molar-refractivity contribution in [3.63, 3.8) is 0 Å². The molecule has 0 heterocycles. The highest BCUT2D eigenvalue weighted by atomic mass is 16.6. The Labute approximate surface area is 387 Å². The van der Waals surface area contributed by atoms with Gasteiger partial charge in [-0.1, -0.05) is 263 Å². The fourth-order valence-electron chi connectivity index (χ4n) is 8.31. The van der Waals surface area contributed by atoms with Crippen LogP contribution in [0.2, 0.25) is 0 Å². The van der Waals surface area contributed by atoms with Crippen molar-refractivity contribution in [3.8, 4) is 0 Å². The summed E-state index contributed by atoms with van der Waals surface area (Å²) in [4.78, 5) is 25.4. The lowest BCUT2D eigenvalue weighted by Gasteiger charge is -2.18. The molecule has 0 radical (unpaired) electrons. The van der Waals surface area contributed by atoms with Crippen molar-refractivity contribution in [2.75, 3.05) is 19.8 Å². The largest absolute Gasteiger partial charge is 0.462 e. The van der Waals surface area contributed by atoms with Gasteiger partial charge in [-0.15, -0.1) is 0 Å². The number of allylic oxidation sites excluding steroid dienone is 4. The Morgan fingerprint density at radius 3 is 1.10 bits per heavy atom. The second-order valence-electron chi connectivity index (χ2n) is 18.9. The quantitative estimate of drug-likeness (QED) is 0.0346. The van der Waals surface area contributed by atoms with Gasteiger partial charge in [-0.25, -0.2) is 0 Å². The maximum Gasteiger partial charge on any atom is 0.306 e. The van der Waals surface area contributed by atoms with Crippen molar-refractivity contribution >= 4 is 11.9 Å². The van der Waals surface area contributed by atoms with Gasteiger partial charge in [0.1, 0.15) is 6.61 Å². The third-order valence-corrected chi connectivity index (χ3v) is 12.5. The Morgan fingerprint density at radius 2 is 0.677 bits per heavy atom. The van der Waals surface area contributed by atoms with Gasteiger partial charge in [0, 0.05) is 19.4 Å². The summed E-state index contributed by atoms with van der Waals surface area (Å²) in [5.74, 6) is -0.382. The Hall–Kier alpha value is -1.62. The fourth-order valence-corrected chi connectivity index (χ4v) is 8.31. The van der Waals surface area contributed by atoms with E-state index in [9.17, 15) is 9.59 Å². The van der Waals surface area contributed by atoms with E-state index in [1.54, 1.807) is 0 Å². The summed E-state index contributed by atoms with van der Waals surface area (Å²) < 4.78 is 17.4. The maximum absolute atomic E-state index is 12.8. The van der Waals surface area contributed by atoms with Crippen molar-refractivity contribution < 1.29 is 23.8 Å². The normalized spacial score (nSPS) is 12.2. The molecule has 366 valence electrons. The van der Waals surface area contributed by atoms with Gasteiger partial charge in [-0.3, -0.25) is 9.59 Å². The molecule has 0 saturated heterocycles. The lowest BCUT2D eigenvalue weighted by atomic mass is 10.0. The zero-order chi connectivity index (χ0) is 44.9. The van der Waals surface area contributed by atoms with Crippen molar-refractivity contribution in [1.29, 1.82) is 0 Å². The molecule has 0 aliphatic heterocycles. The van der Waals surface area contributed by atoms with Crippen molar-refractivity contribution in [1.82, 2.24) is 0 Å². The van der Waals surface area contributed by atoms with Gasteiger partial charge in [0.2, 0.25) is 0 Å². The number of unbranched alkanes of at least 4 members (excludes halogenated alkanes) is 37. The first-order valence-electron chi connectivity index (χ1n) is 27.9. The highest BCUT2D eigenvalue weighted by Gasteiger charge is 2.17. The van der Waals surface area contributed by atoms with Crippen LogP contribution in [-0.4, -0.2) is 37.9 Å². The topological polar surface area (TPSA) is 61.8 Å². The third-order valence-electron chi connectivity index (χ3n) is 12.5. The van der Waals surface area contributed by atoms with E-state index in [-0.39, 0.29) is 18.5 Å². The minimum absolute atomic E-state index is 0.0910. The van der Waals surface area contributed by atoms with Crippen LogP contribution in [-0.2, 0) is 23.8 Å². The summed E-state index contributed by atoms with van der Waals surface area (Å²) in [6.07, 6.45) is 63.3. The summed E-state index contributed by atoms with van der Waals surface area (Å²) in [5.41, 5.74) is 0. The number of hydrogen-bond acceptors (Lipinski definition) is 5. The molecule has 5 heteroatoms. The molecule has 5 nitrogen and oxygen atoms in total. The number of carbonyl (C=O) groups excluding carboxylic acids is 2. The van der Waals surface area contributed by atoms with Crippen LogP contribution in [0.3, 0.4) is 0 Å². The first kappa shape index (κ1) is 60.4. The molecule has 0 spiro atoms. The van der Waals surface area contributed by atoms with E-state index in [2.05, 4.69) is 45.1 Å². The minimum atomic E-state index is -0.529. The van der Waals surface area contributed by atoms with E-state index in [1.165, 1.54) is 231 Å². The van der Waals surface area contributed by atoms with Crippen LogP contribution in [0.25, 0.3) is 0 Å². The maximum atomic E-state index is 12.8. The van der Waals surface area contributed by atoms with Gasteiger partial charge >= 0.3 is 11.9 Å². The lowest BCUT2D eigenvalue weighted by molar-refractivity contribution is -0.163. The molecular formula is C57H108O5. The van der Waals surface area contributed by atoms with Crippen LogP contribution in [0, 0.1) is 0 Å². The second kappa shape index (κ2) is 53.7. The lowest BCUT2D eigenvalue weighted by Crippen LogP contribution is -2.30. The van der Waals surface area contributed by atoms with Gasteiger partial charge in [0.25, 0.3) is 0 Å². The predicted octanol–water partition coefficient (Wildman–Crippen LogP) is 18.8.